The smallest absolute Gasteiger partial charge is 0.229 e. The first-order valence-electron chi connectivity index (χ1n) is 4.72. The summed E-state index contributed by atoms with van der Waals surface area (Å²) in [6.45, 7) is 0. The largest absolute Gasteiger partial charge is 0.480 e. The zero-order chi connectivity index (χ0) is 10.8. The zero-order valence-electron chi connectivity index (χ0n) is 8.38. The van der Waals surface area contributed by atoms with Crippen LogP contribution in [0.3, 0.4) is 0 Å². The summed E-state index contributed by atoms with van der Waals surface area (Å²) in [6, 6.07) is 0. The van der Waals surface area contributed by atoms with Gasteiger partial charge in [0.15, 0.2) is 0 Å². The fraction of sp³-hybridized carbons (Fsp3) is 0.364. The average molecular weight is 267 g/mol. The third kappa shape index (κ3) is 2.24. The van der Waals surface area contributed by atoms with E-state index in [9.17, 15) is 0 Å². The first-order chi connectivity index (χ1) is 7.22. The molecule has 1 fully saturated rings. The highest BCUT2D eigenvalue weighted by Crippen LogP contribution is 2.31. The minimum atomic E-state index is 0.490. The van der Waals surface area contributed by atoms with Gasteiger partial charge in [0.1, 0.15) is 4.47 Å². The van der Waals surface area contributed by atoms with Gasteiger partial charge < -0.3 is 10.5 Å². The average Bonchev–Trinajstić information content (AvgIpc) is 3.04. The summed E-state index contributed by atoms with van der Waals surface area (Å²) in [4.78, 5) is 4.10. The Labute approximate surface area is 97.2 Å². The van der Waals surface area contributed by atoms with E-state index in [-0.39, 0.29) is 0 Å². The van der Waals surface area contributed by atoms with E-state index in [1.54, 1.807) is 13.3 Å². The number of anilines is 1. The molecule has 2 N–H and O–H groups in total. The number of halogens is 1. The predicted octanol–water partition coefficient (Wildman–Crippen LogP) is 2.20. The number of nitrogen functional groups attached to an aromatic ring is 1. The number of methoxy groups -OCH3 is 1. The molecule has 1 aromatic heterocycles. The van der Waals surface area contributed by atoms with Crippen LogP contribution in [0.4, 0.5) is 5.69 Å². The Morgan fingerprint density at radius 1 is 1.60 bits per heavy atom. The summed E-state index contributed by atoms with van der Waals surface area (Å²) in [7, 11) is 1.56. The summed E-state index contributed by atoms with van der Waals surface area (Å²) >= 11 is 3.33. The van der Waals surface area contributed by atoms with Gasteiger partial charge in [-0.15, -0.1) is 0 Å². The fourth-order valence-corrected chi connectivity index (χ4v) is 1.61. The summed E-state index contributed by atoms with van der Waals surface area (Å²) in [5, 5.41) is 0. The van der Waals surface area contributed by atoms with E-state index < -0.39 is 0 Å². The number of pyridine rings is 1. The molecule has 1 aliphatic carbocycles. The van der Waals surface area contributed by atoms with Crippen LogP contribution < -0.4 is 10.5 Å². The number of aromatic nitrogens is 1. The van der Waals surface area contributed by atoms with Crippen LogP contribution in [0.1, 0.15) is 18.4 Å². The zero-order valence-corrected chi connectivity index (χ0v) is 9.97. The van der Waals surface area contributed by atoms with Gasteiger partial charge in [0, 0.05) is 12.1 Å². The maximum absolute atomic E-state index is 5.90. The standard InChI is InChI=1S/C11H11BrN2O/c1-15-11-9(12)10(13)8(6-14-11)5-4-7-2-3-7/h6-7H,2-3H2,1H3,(H2,13,14). The molecule has 1 aliphatic rings. The van der Waals surface area contributed by atoms with Crippen LogP contribution in [0.2, 0.25) is 0 Å². The lowest BCUT2D eigenvalue weighted by Gasteiger charge is -2.05. The molecule has 0 aliphatic heterocycles. The third-order valence-corrected chi connectivity index (χ3v) is 2.97. The second kappa shape index (κ2) is 4.11. The van der Waals surface area contributed by atoms with Gasteiger partial charge in [0.05, 0.1) is 18.4 Å². The van der Waals surface area contributed by atoms with Crippen LogP contribution in [0, 0.1) is 17.8 Å². The highest BCUT2D eigenvalue weighted by atomic mass is 79.9. The molecule has 3 nitrogen and oxygen atoms in total. The molecule has 0 atom stereocenters. The van der Waals surface area contributed by atoms with E-state index in [0.717, 1.165) is 5.56 Å². The van der Waals surface area contributed by atoms with Gasteiger partial charge in [0.25, 0.3) is 0 Å². The monoisotopic (exact) mass is 266 g/mol. The van der Waals surface area contributed by atoms with Crippen molar-refractivity contribution >= 4 is 21.6 Å². The molecular formula is C11H11BrN2O. The molecule has 0 saturated heterocycles. The van der Waals surface area contributed by atoms with Gasteiger partial charge in [-0.1, -0.05) is 11.8 Å². The van der Waals surface area contributed by atoms with Crippen molar-refractivity contribution in [3.8, 4) is 17.7 Å². The normalized spacial score (nSPS) is 14.3. The van der Waals surface area contributed by atoms with Crippen LogP contribution in [0.15, 0.2) is 10.7 Å². The lowest BCUT2D eigenvalue weighted by molar-refractivity contribution is 0.395. The Morgan fingerprint density at radius 3 is 2.93 bits per heavy atom. The first-order valence-corrected chi connectivity index (χ1v) is 5.51. The molecule has 2 rings (SSSR count). The molecule has 0 bridgehead atoms. The van der Waals surface area contributed by atoms with Gasteiger partial charge >= 0.3 is 0 Å². The molecule has 1 saturated carbocycles. The molecule has 4 heteroatoms. The first kappa shape index (κ1) is 10.3. The van der Waals surface area contributed by atoms with Crippen molar-refractivity contribution in [1.29, 1.82) is 0 Å². The Bertz CT molecular complexity index is 444. The second-order valence-corrected chi connectivity index (χ2v) is 4.25. The maximum Gasteiger partial charge on any atom is 0.229 e. The second-order valence-electron chi connectivity index (χ2n) is 3.45. The SMILES string of the molecule is COc1ncc(C#CC2CC2)c(N)c1Br. The molecule has 0 aromatic carbocycles. The Hall–Kier alpha value is -1.21. The molecule has 0 unspecified atom stereocenters. The third-order valence-electron chi connectivity index (χ3n) is 2.21. The Morgan fingerprint density at radius 2 is 2.33 bits per heavy atom. The van der Waals surface area contributed by atoms with E-state index in [1.807, 2.05) is 0 Å². The van der Waals surface area contributed by atoms with Gasteiger partial charge in [-0.2, -0.15) is 0 Å². The molecule has 15 heavy (non-hydrogen) atoms. The number of nitrogens with zero attached hydrogens (tertiary/aromatic N) is 1. The van der Waals surface area contributed by atoms with Crippen molar-refractivity contribution in [1.82, 2.24) is 4.98 Å². The lowest BCUT2D eigenvalue weighted by atomic mass is 10.2. The number of ether oxygens (including phenoxy) is 1. The summed E-state index contributed by atoms with van der Waals surface area (Å²) in [6.07, 6.45) is 4.06. The minimum Gasteiger partial charge on any atom is -0.480 e. The maximum atomic E-state index is 5.90. The lowest BCUT2D eigenvalue weighted by Crippen LogP contribution is -1.97. The highest BCUT2D eigenvalue weighted by molar-refractivity contribution is 9.10. The quantitative estimate of drug-likeness (QED) is 0.793. The van der Waals surface area contributed by atoms with E-state index in [2.05, 4.69) is 32.8 Å². The van der Waals surface area contributed by atoms with Crippen LogP contribution in [0.5, 0.6) is 5.88 Å². The van der Waals surface area contributed by atoms with Gasteiger partial charge in [-0.25, -0.2) is 4.98 Å². The van der Waals surface area contributed by atoms with Gasteiger partial charge in [-0.3, -0.25) is 0 Å². The molecule has 1 aromatic rings. The van der Waals surface area contributed by atoms with Crippen molar-refractivity contribution < 1.29 is 4.74 Å². The minimum absolute atomic E-state index is 0.490. The van der Waals surface area contributed by atoms with Crippen molar-refractivity contribution in [2.75, 3.05) is 12.8 Å². The van der Waals surface area contributed by atoms with Crippen molar-refractivity contribution in [2.45, 2.75) is 12.8 Å². The van der Waals surface area contributed by atoms with Crippen molar-refractivity contribution in [2.24, 2.45) is 5.92 Å². The molecule has 0 spiro atoms. The molecular weight excluding hydrogens is 256 g/mol. The molecule has 0 amide bonds. The predicted molar refractivity (Wildman–Crippen MR) is 62.5 cm³/mol. The van der Waals surface area contributed by atoms with Crippen LogP contribution >= 0.6 is 15.9 Å². The Balaban J connectivity index is 2.33. The number of hydrogen-bond donors (Lipinski definition) is 1. The van der Waals surface area contributed by atoms with E-state index in [4.69, 9.17) is 10.5 Å². The summed E-state index contributed by atoms with van der Waals surface area (Å²) in [5.41, 5.74) is 7.25. The fourth-order valence-electron chi connectivity index (χ4n) is 1.13. The molecule has 0 radical (unpaired) electrons. The summed E-state index contributed by atoms with van der Waals surface area (Å²) in [5.74, 6) is 7.24. The van der Waals surface area contributed by atoms with E-state index in [0.29, 0.717) is 22.0 Å². The summed E-state index contributed by atoms with van der Waals surface area (Å²) < 4.78 is 5.71. The highest BCUT2D eigenvalue weighted by Gasteiger charge is 2.18. The Kier molecular flexibility index (Phi) is 2.83. The topological polar surface area (TPSA) is 48.1 Å². The van der Waals surface area contributed by atoms with E-state index >= 15 is 0 Å². The molecule has 78 valence electrons. The number of rotatable bonds is 1. The van der Waals surface area contributed by atoms with E-state index in [1.165, 1.54) is 12.8 Å². The van der Waals surface area contributed by atoms with Crippen LogP contribution in [-0.4, -0.2) is 12.1 Å². The van der Waals surface area contributed by atoms with Gasteiger partial charge in [0.2, 0.25) is 5.88 Å². The van der Waals surface area contributed by atoms with Crippen molar-refractivity contribution in [3.63, 3.8) is 0 Å². The van der Waals surface area contributed by atoms with Gasteiger partial charge in [-0.05, 0) is 28.8 Å². The van der Waals surface area contributed by atoms with Crippen molar-refractivity contribution in [3.05, 3.63) is 16.2 Å². The number of nitrogens with two attached hydrogens (primary N) is 1. The number of hydrogen-bond acceptors (Lipinski definition) is 3. The molecule has 1 heterocycles. The van der Waals surface area contributed by atoms with Crippen LogP contribution in [-0.2, 0) is 0 Å². The van der Waals surface area contributed by atoms with Crippen LogP contribution in [0.25, 0.3) is 0 Å².